The SMILES string of the molecule is COC(=O)CC(C)SCC(=O)Nc1c(Br)cc(Br)cc1Br. The van der Waals surface area contributed by atoms with Gasteiger partial charge in [-0.3, -0.25) is 9.59 Å². The van der Waals surface area contributed by atoms with Gasteiger partial charge in [0.2, 0.25) is 5.91 Å². The average Bonchev–Trinajstić information content (AvgIpc) is 2.40. The Morgan fingerprint density at radius 3 is 2.38 bits per heavy atom. The van der Waals surface area contributed by atoms with E-state index in [4.69, 9.17) is 0 Å². The number of anilines is 1. The fraction of sp³-hybridized carbons (Fsp3) is 0.385. The number of ether oxygens (including phenoxy) is 1. The molecule has 0 fully saturated rings. The Labute approximate surface area is 153 Å². The number of methoxy groups -OCH3 is 1. The molecule has 0 bridgehead atoms. The smallest absolute Gasteiger partial charge is 0.306 e. The molecule has 1 amide bonds. The number of hydrogen-bond acceptors (Lipinski definition) is 4. The Balaban J connectivity index is 2.53. The van der Waals surface area contributed by atoms with Crippen LogP contribution in [0.15, 0.2) is 25.6 Å². The molecule has 4 nitrogen and oxygen atoms in total. The van der Waals surface area contributed by atoms with Gasteiger partial charge in [-0.15, -0.1) is 11.8 Å². The van der Waals surface area contributed by atoms with Crippen LogP contribution in [-0.4, -0.2) is 30.0 Å². The maximum atomic E-state index is 12.0. The molecule has 1 aromatic rings. The fourth-order valence-corrected chi connectivity index (χ4v) is 4.65. The van der Waals surface area contributed by atoms with E-state index in [1.54, 1.807) is 0 Å². The van der Waals surface area contributed by atoms with Crippen LogP contribution in [0.5, 0.6) is 0 Å². The maximum Gasteiger partial charge on any atom is 0.306 e. The van der Waals surface area contributed by atoms with Gasteiger partial charge in [0, 0.05) is 18.7 Å². The molecule has 1 atom stereocenters. The number of hydrogen-bond donors (Lipinski definition) is 1. The van der Waals surface area contributed by atoms with E-state index in [1.165, 1.54) is 18.9 Å². The van der Waals surface area contributed by atoms with Crippen LogP contribution < -0.4 is 5.32 Å². The Hall–Kier alpha value is -0.0500. The molecule has 0 saturated heterocycles. The highest BCUT2D eigenvalue weighted by atomic mass is 79.9. The third kappa shape index (κ3) is 6.71. The lowest BCUT2D eigenvalue weighted by Crippen LogP contribution is -2.17. The van der Waals surface area contributed by atoms with Crippen molar-refractivity contribution in [3.05, 3.63) is 25.6 Å². The van der Waals surface area contributed by atoms with Crippen molar-refractivity contribution in [1.29, 1.82) is 0 Å². The van der Waals surface area contributed by atoms with Crippen molar-refractivity contribution in [2.24, 2.45) is 0 Å². The number of thioether (sulfide) groups is 1. The summed E-state index contributed by atoms with van der Waals surface area (Å²) in [6.45, 7) is 1.89. The summed E-state index contributed by atoms with van der Waals surface area (Å²) < 4.78 is 7.06. The fourth-order valence-electron chi connectivity index (χ4n) is 1.43. The Kier molecular flexibility index (Phi) is 8.30. The molecule has 8 heteroatoms. The summed E-state index contributed by atoms with van der Waals surface area (Å²) in [5.41, 5.74) is 0.685. The lowest BCUT2D eigenvalue weighted by Gasteiger charge is -2.12. The number of halogens is 3. The number of esters is 1. The summed E-state index contributed by atoms with van der Waals surface area (Å²) in [7, 11) is 1.36. The molecule has 1 aromatic carbocycles. The zero-order valence-corrected chi connectivity index (χ0v) is 17.0. The lowest BCUT2D eigenvalue weighted by molar-refractivity contribution is -0.140. The summed E-state index contributed by atoms with van der Waals surface area (Å²) >= 11 is 11.6. The first kappa shape index (κ1) is 19.0. The van der Waals surface area contributed by atoms with Crippen molar-refractivity contribution in [1.82, 2.24) is 0 Å². The number of nitrogens with one attached hydrogen (secondary N) is 1. The number of rotatable bonds is 6. The van der Waals surface area contributed by atoms with Crippen molar-refractivity contribution < 1.29 is 14.3 Å². The molecule has 1 rings (SSSR count). The van der Waals surface area contributed by atoms with Crippen LogP contribution >= 0.6 is 59.6 Å². The zero-order valence-electron chi connectivity index (χ0n) is 11.4. The van der Waals surface area contributed by atoms with Crippen molar-refractivity contribution in [3.8, 4) is 0 Å². The predicted octanol–water partition coefficient (Wildman–Crippen LogP) is 4.60. The van der Waals surface area contributed by atoms with Crippen molar-refractivity contribution in [3.63, 3.8) is 0 Å². The largest absolute Gasteiger partial charge is 0.469 e. The second kappa shape index (κ2) is 9.17. The normalized spacial score (nSPS) is 11.9. The van der Waals surface area contributed by atoms with Crippen LogP contribution in [0.3, 0.4) is 0 Å². The van der Waals surface area contributed by atoms with E-state index < -0.39 is 0 Å². The molecule has 0 saturated carbocycles. The molecular weight excluding hydrogens is 490 g/mol. The summed E-state index contributed by atoms with van der Waals surface area (Å²) in [5, 5.41) is 2.87. The average molecular weight is 504 g/mol. The van der Waals surface area contributed by atoms with E-state index in [0.29, 0.717) is 12.1 Å². The van der Waals surface area contributed by atoms with Crippen molar-refractivity contribution >= 4 is 77.1 Å². The van der Waals surface area contributed by atoms with Gasteiger partial charge in [0.05, 0.1) is 25.0 Å². The molecule has 1 unspecified atom stereocenters. The molecule has 0 spiro atoms. The summed E-state index contributed by atoms with van der Waals surface area (Å²) in [6.07, 6.45) is 0.292. The molecule has 21 heavy (non-hydrogen) atoms. The molecule has 0 aliphatic carbocycles. The number of benzene rings is 1. The van der Waals surface area contributed by atoms with Gasteiger partial charge in [-0.25, -0.2) is 0 Å². The van der Waals surface area contributed by atoms with Gasteiger partial charge in [-0.2, -0.15) is 0 Å². The third-order valence-corrected chi connectivity index (χ3v) is 5.33. The van der Waals surface area contributed by atoms with E-state index in [9.17, 15) is 9.59 Å². The number of amides is 1. The second-order valence-electron chi connectivity index (χ2n) is 4.19. The van der Waals surface area contributed by atoms with Crippen LogP contribution in [0.25, 0.3) is 0 Å². The van der Waals surface area contributed by atoms with Gasteiger partial charge in [-0.05, 0) is 44.0 Å². The third-order valence-electron chi connectivity index (χ3n) is 2.45. The van der Waals surface area contributed by atoms with Gasteiger partial charge in [-0.1, -0.05) is 22.9 Å². The first-order chi connectivity index (χ1) is 9.83. The van der Waals surface area contributed by atoms with E-state index in [-0.39, 0.29) is 22.9 Å². The van der Waals surface area contributed by atoms with Crippen molar-refractivity contribution in [2.45, 2.75) is 18.6 Å². The zero-order chi connectivity index (χ0) is 16.0. The van der Waals surface area contributed by atoms with E-state index in [1.807, 2.05) is 19.1 Å². The van der Waals surface area contributed by atoms with Crippen LogP contribution in [-0.2, 0) is 14.3 Å². The molecule has 0 radical (unpaired) electrons. The van der Waals surface area contributed by atoms with Crippen LogP contribution in [0.4, 0.5) is 5.69 Å². The molecule has 0 aliphatic heterocycles. The minimum absolute atomic E-state index is 0.0278. The lowest BCUT2D eigenvalue weighted by atomic mass is 10.3. The molecule has 0 heterocycles. The van der Waals surface area contributed by atoms with Gasteiger partial charge < -0.3 is 10.1 Å². The maximum absolute atomic E-state index is 12.0. The summed E-state index contributed by atoms with van der Waals surface area (Å²) in [5.74, 6) is -0.123. The molecule has 1 N–H and O–H groups in total. The highest BCUT2D eigenvalue weighted by molar-refractivity contribution is 9.11. The molecular formula is C13H14Br3NO3S. The highest BCUT2D eigenvalue weighted by Crippen LogP contribution is 2.34. The second-order valence-corrected chi connectivity index (χ2v) is 8.25. The summed E-state index contributed by atoms with van der Waals surface area (Å²) in [4.78, 5) is 23.1. The summed E-state index contributed by atoms with van der Waals surface area (Å²) in [6, 6.07) is 3.71. The Morgan fingerprint density at radius 2 is 1.86 bits per heavy atom. The van der Waals surface area contributed by atoms with Crippen molar-refractivity contribution in [2.75, 3.05) is 18.2 Å². The van der Waals surface area contributed by atoms with Crippen LogP contribution in [0.1, 0.15) is 13.3 Å². The Morgan fingerprint density at radius 1 is 1.29 bits per heavy atom. The minimum Gasteiger partial charge on any atom is -0.469 e. The van der Waals surface area contributed by atoms with Crippen LogP contribution in [0.2, 0.25) is 0 Å². The number of carbonyl (C=O) groups excluding carboxylic acids is 2. The quantitative estimate of drug-likeness (QED) is 0.577. The first-order valence-corrected chi connectivity index (χ1v) is 9.39. The molecule has 0 aliphatic rings. The monoisotopic (exact) mass is 501 g/mol. The molecule has 116 valence electrons. The van der Waals surface area contributed by atoms with Crippen LogP contribution in [0, 0.1) is 0 Å². The van der Waals surface area contributed by atoms with E-state index in [2.05, 4.69) is 57.8 Å². The number of carbonyl (C=O) groups is 2. The van der Waals surface area contributed by atoms with Gasteiger partial charge in [0.1, 0.15) is 0 Å². The standard InChI is InChI=1S/C13H14Br3NO3S/c1-7(3-12(19)20-2)21-6-11(18)17-13-9(15)4-8(14)5-10(13)16/h4-5,7H,3,6H2,1-2H3,(H,17,18). The minimum atomic E-state index is -0.270. The van der Waals surface area contributed by atoms with E-state index >= 15 is 0 Å². The van der Waals surface area contributed by atoms with Gasteiger partial charge in [0.15, 0.2) is 0 Å². The van der Waals surface area contributed by atoms with E-state index in [0.717, 1.165) is 13.4 Å². The molecule has 0 aromatic heterocycles. The Bertz CT molecular complexity index is 516. The van der Waals surface area contributed by atoms with Gasteiger partial charge in [0.25, 0.3) is 0 Å². The van der Waals surface area contributed by atoms with Gasteiger partial charge >= 0.3 is 5.97 Å². The first-order valence-electron chi connectivity index (χ1n) is 5.96. The topological polar surface area (TPSA) is 55.4 Å². The predicted molar refractivity (Wildman–Crippen MR) is 96.7 cm³/mol. The highest BCUT2D eigenvalue weighted by Gasteiger charge is 2.14.